The van der Waals surface area contributed by atoms with Gasteiger partial charge in [-0.15, -0.1) is 11.3 Å². The number of thiazole rings is 1. The third kappa shape index (κ3) is 3.43. The number of hydrogen-bond acceptors (Lipinski definition) is 4. The number of hydrogen-bond donors (Lipinski definition) is 1. The van der Waals surface area contributed by atoms with Crippen molar-refractivity contribution in [3.63, 3.8) is 0 Å². The third-order valence-corrected chi connectivity index (χ3v) is 4.49. The van der Waals surface area contributed by atoms with E-state index in [9.17, 15) is 0 Å². The van der Waals surface area contributed by atoms with E-state index in [4.69, 9.17) is 26.5 Å². The number of nitrogens with zero attached hydrogens (tertiary/aromatic N) is 1. The van der Waals surface area contributed by atoms with Gasteiger partial charge in [0.2, 0.25) is 0 Å². The van der Waals surface area contributed by atoms with Gasteiger partial charge in [-0.05, 0) is 29.8 Å². The molecule has 0 saturated carbocycles. The highest BCUT2D eigenvalue weighted by Crippen LogP contribution is 2.31. The summed E-state index contributed by atoms with van der Waals surface area (Å²) in [7, 11) is 3.20. The van der Waals surface area contributed by atoms with Gasteiger partial charge in [0.1, 0.15) is 0 Å². The highest BCUT2D eigenvalue weighted by Gasteiger charge is 2.12. The maximum absolute atomic E-state index is 8.23. The smallest absolute Gasteiger partial charge is 0.187 e. The molecular formula is C17H15Cl2N2O2S-. The Kier molecular flexibility index (Phi) is 5.94. The van der Waals surface area contributed by atoms with Crippen molar-refractivity contribution in [2.75, 3.05) is 14.2 Å². The zero-order chi connectivity index (χ0) is 16.4. The molecule has 2 aromatic carbocycles. The van der Waals surface area contributed by atoms with Crippen LogP contribution in [-0.4, -0.2) is 18.8 Å². The van der Waals surface area contributed by atoms with E-state index in [1.807, 2.05) is 52.4 Å². The summed E-state index contributed by atoms with van der Waals surface area (Å²) >= 11 is 7.34. The van der Waals surface area contributed by atoms with Crippen molar-refractivity contribution in [1.82, 2.24) is 4.57 Å². The minimum atomic E-state index is 0. The summed E-state index contributed by atoms with van der Waals surface area (Å²) < 4.78 is 12.5. The van der Waals surface area contributed by atoms with Crippen LogP contribution < -0.4 is 26.7 Å². The lowest BCUT2D eigenvalue weighted by Crippen LogP contribution is -3.00. The highest BCUT2D eigenvalue weighted by atomic mass is 35.5. The molecule has 1 aromatic heterocycles. The standard InChI is InChI=1S/C17H15ClN2O2S.ClH/c1-21-15-8-7-13(9-16(15)22-2)20-14(10-23-17(20)19)11-3-5-12(18)6-4-11;/h3-10,19H,1-2H3;1H/p-1. The van der Waals surface area contributed by atoms with Crippen LogP contribution in [0, 0.1) is 5.41 Å². The zero-order valence-corrected chi connectivity index (χ0v) is 15.4. The quantitative estimate of drug-likeness (QED) is 0.741. The topological polar surface area (TPSA) is 47.2 Å². The Balaban J connectivity index is 0.00000208. The van der Waals surface area contributed by atoms with Crippen LogP contribution in [0.4, 0.5) is 0 Å². The summed E-state index contributed by atoms with van der Waals surface area (Å²) in [5.41, 5.74) is 2.78. The van der Waals surface area contributed by atoms with Gasteiger partial charge in [-0.2, -0.15) is 0 Å². The van der Waals surface area contributed by atoms with Crippen molar-refractivity contribution in [2.24, 2.45) is 0 Å². The van der Waals surface area contributed by atoms with Crippen LogP contribution in [-0.2, 0) is 0 Å². The molecule has 0 aliphatic heterocycles. The maximum Gasteiger partial charge on any atom is 0.187 e. The molecule has 1 heterocycles. The Bertz CT molecular complexity index is 888. The summed E-state index contributed by atoms with van der Waals surface area (Å²) in [5, 5.41) is 10.9. The van der Waals surface area contributed by atoms with Gasteiger partial charge in [0, 0.05) is 16.5 Å². The number of rotatable bonds is 4. The first-order chi connectivity index (χ1) is 11.1. The molecular weight excluding hydrogens is 367 g/mol. The molecule has 3 aromatic rings. The van der Waals surface area contributed by atoms with E-state index in [1.165, 1.54) is 11.3 Å². The molecule has 1 N–H and O–H groups in total. The van der Waals surface area contributed by atoms with Gasteiger partial charge in [0.15, 0.2) is 16.3 Å². The molecule has 3 rings (SSSR count). The number of halogens is 2. The van der Waals surface area contributed by atoms with Crippen molar-refractivity contribution in [3.05, 3.63) is 57.7 Å². The SMILES string of the molecule is COc1ccc(-n2c(-c3ccc(Cl)cc3)csc2=N)cc1OC.[Cl-]. The van der Waals surface area contributed by atoms with Gasteiger partial charge >= 0.3 is 0 Å². The van der Waals surface area contributed by atoms with Gasteiger partial charge in [0.05, 0.1) is 25.6 Å². The van der Waals surface area contributed by atoms with Crippen molar-refractivity contribution < 1.29 is 21.9 Å². The van der Waals surface area contributed by atoms with Gasteiger partial charge in [-0.25, -0.2) is 0 Å². The van der Waals surface area contributed by atoms with Crippen molar-refractivity contribution in [1.29, 1.82) is 5.41 Å². The first-order valence-electron chi connectivity index (χ1n) is 6.87. The molecule has 7 heteroatoms. The first-order valence-corrected chi connectivity index (χ1v) is 8.13. The number of methoxy groups -OCH3 is 2. The zero-order valence-electron chi connectivity index (χ0n) is 13.0. The Labute approximate surface area is 155 Å². The molecule has 0 amide bonds. The number of nitrogens with one attached hydrogen (secondary N) is 1. The molecule has 4 nitrogen and oxygen atoms in total. The highest BCUT2D eigenvalue weighted by molar-refractivity contribution is 7.07. The van der Waals surface area contributed by atoms with Gasteiger partial charge in [-0.1, -0.05) is 23.7 Å². The minimum absolute atomic E-state index is 0. The second-order valence-electron chi connectivity index (χ2n) is 4.81. The van der Waals surface area contributed by atoms with E-state index in [0.717, 1.165) is 16.9 Å². The molecule has 0 aliphatic carbocycles. The van der Waals surface area contributed by atoms with Crippen LogP contribution in [0.15, 0.2) is 47.8 Å². The lowest BCUT2D eigenvalue weighted by atomic mass is 10.1. The molecule has 0 fully saturated rings. The summed E-state index contributed by atoms with van der Waals surface area (Å²) in [6.45, 7) is 0. The van der Waals surface area contributed by atoms with E-state index in [0.29, 0.717) is 21.3 Å². The summed E-state index contributed by atoms with van der Waals surface area (Å²) in [6.07, 6.45) is 0. The Morgan fingerprint density at radius 3 is 2.29 bits per heavy atom. The van der Waals surface area contributed by atoms with Crippen LogP contribution in [0.25, 0.3) is 16.9 Å². The monoisotopic (exact) mass is 381 g/mol. The second-order valence-corrected chi connectivity index (χ2v) is 6.10. The van der Waals surface area contributed by atoms with Crippen LogP contribution >= 0.6 is 22.9 Å². The molecule has 0 unspecified atom stereocenters. The molecule has 0 atom stereocenters. The summed E-state index contributed by atoms with van der Waals surface area (Å²) in [4.78, 5) is 0.433. The molecule has 0 spiro atoms. The molecule has 0 aliphatic rings. The predicted molar refractivity (Wildman–Crippen MR) is 93.1 cm³/mol. The average Bonchev–Trinajstić information content (AvgIpc) is 2.96. The lowest BCUT2D eigenvalue weighted by Gasteiger charge is -2.12. The van der Waals surface area contributed by atoms with Crippen LogP contribution in [0.3, 0.4) is 0 Å². The molecule has 0 radical (unpaired) electrons. The number of ether oxygens (including phenoxy) is 2. The van der Waals surface area contributed by atoms with Crippen molar-refractivity contribution in [2.45, 2.75) is 0 Å². The van der Waals surface area contributed by atoms with Crippen LogP contribution in [0.1, 0.15) is 0 Å². The van der Waals surface area contributed by atoms with Crippen LogP contribution in [0.5, 0.6) is 11.5 Å². The first kappa shape index (κ1) is 18.4. The molecule has 0 bridgehead atoms. The fourth-order valence-electron chi connectivity index (χ4n) is 2.36. The van der Waals surface area contributed by atoms with E-state index >= 15 is 0 Å². The van der Waals surface area contributed by atoms with Gasteiger partial charge in [0.25, 0.3) is 0 Å². The van der Waals surface area contributed by atoms with E-state index in [-0.39, 0.29) is 12.4 Å². The number of benzene rings is 2. The molecule has 126 valence electrons. The second kappa shape index (κ2) is 7.75. The molecule has 0 saturated heterocycles. The third-order valence-electron chi connectivity index (χ3n) is 3.49. The predicted octanol–water partition coefficient (Wildman–Crippen LogP) is 1.36. The van der Waals surface area contributed by atoms with Crippen molar-refractivity contribution >= 4 is 22.9 Å². The summed E-state index contributed by atoms with van der Waals surface area (Å²) in [6, 6.07) is 13.2. The lowest BCUT2D eigenvalue weighted by molar-refractivity contribution is -0.00000521. The largest absolute Gasteiger partial charge is 1.00 e. The fourth-order valence-corrected chi connectivity index (χ4v) is 3.26. The Hall–Kier alpha value is -1.95. The van der Waals surface area contributed by atoms with Crippen LogP contribution in [0.2, 0.25) is 5.02 Å². The Morgan fingerprint density at radius 1 is 1.00 bits per heavy atom. The van der Waals surface area contributed by atoms with E-state index in [2.05, 4.69) is 0 Å². The maximum atomic E-state index is 8.23. The Morgan fingerprint density at radius 2 is 1.67 bits per heavy atom. The van der Waals surface area contributed by atoms with Gasteiger partial charge in [-0.3, -0.25) is 9.98 Å². The van der Waals surface area contributed by atoms with Gasteiger partial charge < -0.3 is 21.9 Å². The summed E-state index contributed by atoms with van der Waals surface area (Å²) in [5.74, 6) is 1.29. The minimum Gasteiger partial charge on any atom is -1.00 e. The average molecular weight is 382 g/mol. The van der Waals surface area contributed by atoms with E-state index in [1.54, 1.807) is 14.2 Å². The fraction of sp³-hybridized carbons (Fsp3) is 0.118. The van der Waals surface area contributed by atoms with E-state index < -0.39 is 0 Å². The normalized spacial score (nSPS) is 10.1. The number of aromatic nitrogens is 1. The molecule has 24 heavy (non-hydrogen) atoms. The van der Waals surface area contributed by atoms with Crippen molar-refractivity contribution in [3.8, 4) is 28.4 Å².